The van der Waals surface area contributed by atoms with Crippen molar-refractivity contribution in [2.24, 2.45) is 0 Å². The van der Waals surface area contributed by atoms with Crippen molar-refractivity contribution >= 4 is 50.8 Å². The van der Waals surface area contributed by atoms with Gasteiger partial charge < -0.3 is 25.2 Å². The van der Waals surface area contributed by atoms with Crippen LogP contribution in [-0.2, 0) is 16.1 Å². The maximum Gasteiger partial charge on any atom is 0.407 e. The third kappa shape index (κ3) is 7.81. The van der Waals surface area contributed by atoms with Gasteiger partial charge in [0.15, 0.2) is 5.75 Å². The lowest BCUT2D eigenvalue weighted by atomic mass is 9.96. The quantitative estimate of drug-likeness (QED) is 0.145. The third-order valence-corrected chi connectivity index (χ3v) is 7.84. The summed E-state index contributed by atoms with van der Waals surface area (Å²) in [6, 6.07) is 21.1. The minimum absolute atomic E-state index is 0.124. The van der Waals surface area contributed by atoms with Crippen LogP contribution in [0.1, 0.15) is 35.2 Å². The number of rotatable bonds is 11. The van der Waals surface area contributed by atoms with Crippen molar-refractivity contribution in [3.63, 3.8) is 0 Å². The molecule has 4 aromatic rings. The number of nitrogens with one attached hydrogen (secondary N) is 2. The van der Waals surface area contributed by atoms with E-state index in [0.717, 1.165) is 14.9 Å². The van der Waals surface area contributed by atoms with E-state index in [-0.39, 0.29) is 32.2 Å². The fourth-order valence-corrected chi connectivity index (χ4v) is 5.41. The molecule has 0 radical (unpaired) electrons. The first-order valence-corrected chi connectivity index (χ1v) is 15.1. The summed E-state index contributed by atoms with van der Waals surface area (Å²) in [5.74, 6) is 0.218. The summed E-state index contributed by atoms with van der Waals surface area (Å²) >= 11 is 3.56. The molecule has 2 heterocycles. The maximum atomic E-state index is 13.1. The molecule has 3 N–H and O–H groups in total. The van der Waals surface area contributed by atoms with E-state index in [4.69, 9.17) is 14.5 Å². The van der Waals surface area contributed by atoms with Crippen molar-refractivity contribution in [1.82, 2.24) is 20.2 Å². The van der Waals surface area contributed by atoms with Crippen LogP contribution < -0.4 is 15.4 Å². The van der Waals surface area contributed by atoms with E-state index in [0.29, 0.717) is 47.6 Å². The summed E-state index contributed by atoms with van der Waals surface area (Å²) in [5, 5.41) is 15.9. The molecule has 1 aromatic heterocycles. The number of carboxylic acid groups (broad SMARTS) is 1. The highest BCUT2D eigenvalue weighted by Gasteiger charge is 2.36. The molecule has 0 saturated carbocycles. The van der Waals surface area contributed by atoms with Crippen molar-refractivity contribution in [1.29, 1.82) is 0 Å². The average molecular weight is 663 g/mol. The van der Waals surface area contributed by atoms with Gasteiger partial charge >= 0.3 is 12.1 Å². The van der Waals surface area contributed by atoms with E-state index in [1.165, 1.54) is 0 Å². The fraction of sp³-hybridized carbons (Fsp3) is 0.281. The summed E-state index contributed by atoms with van der Waals surface area (Å²) < 4.78 is 12.1. The van der Waals surface area contributed by atoms with Gasteiger partial charge in [-0.1, -0.05) is 48.5 Å². The maximum absolute atomic E-state index is 13.1. The minimum atomic E-state index is -1.16. The molecule has 0 spiro atoms. The number of hydrogen-bond donors (Lipinski definition) is 3. The number of hydrogen-bond acceptors (Lipinski definition) is 8. The minimum Gasteiger partial charge on any atom is -0.485 e. The SMILES string of the molecule is O=C(OCCCNC(=O)C1CC(Nc2cnc3ccc(Br)c(OCc4ccccc4)c3n2)CCN1C(=O)O)c1ccccc1. The fourth-order valence-electron chi connectivity index (χ4n) is 4.97. The monoisotopic (exact) mass is 661 g/mol. The molecule has 11 nitrogen and oxygen atoms in total. The molecule has 12 heteroatoms. The molecule has 2 atom stereocenters. The van der Waals surface area contributed by atoms with Gasteiger partial charge in [0.1, 0.15) is 24.0 Å². The molecule has 2 unspecified atom stereocenters. The van der Waals surface area contributed by atoms with Crippen molar-refractivity contribution in [2.75, 3.05) is 25.0 Å². The molecule has 3 aromatic carbocycles. The number of amides is 2. The number of aromatic nitrogens is 2. The summed E-state index contributed by atoms with van der Waals surface area (Å²) in [7, 11) is 0. The number of carbonyl (C=O) groups is 3. The molecule has 0 aliphatic carbocycles. The number of benzene rings is 3. The molecule has 1 saturated heterocycles. The van der Waals surface area contributed by atoms with Crippen LogP contribution in [0, 0.1) is 0 Å². The highest BCUT2D eigenvalue weighted by molar-refractivity contribution is 9.10. The zero-order chi connectivity index (χ0) is 30.9. The normalized spacial score (nSPS) is 16.2. The molecule has 2 amide bonds. The standard InChI is InChI=1S/C32H32BrN5O6/c33-24-12-13-25-28(29(24)44-20-21-8-3-1-4-9-21)37-27(19-35-25)36-23-14-16-38(32(41)42)26(18-23)30(39)34-15-7-17-43-31(40)22-10-5-2-6-11-22/h1-6,8-13,19,23,26H,7,14-18,20H2,(H,34,39)(H,36,37)(H,41,42). The number of anilines is 1. The predicted octanol–water partition coefficient (Wildman–Crippen LogP) is 5.26. The Morgan fingerprint density at radius 1 is 1.02 bits per heavy atom. The predicted molar refractivity (Wildman–Crippen MR) is 168 cm³/mol. The molecule has 1 aliphatic heterocycles. The van der Waals surface area contributed by atoms with Gasteiger partial charge in [0.2, 0.25) is 5.91 Å². The van der Waals surface area contributed by atoms with Crippen LogP contribution >= 0.6 is 15.9 Å². The number of nitrogens with zero attached hydrogens (tertiary/aromatic N) is 3. The average Bonchev–Trinajstić information content (AvgIpc) is 3.04. The Balaban J connectivity index is 1.19. The summed E-state index contributed by atoms with van der Waals surface area (Å²) in [6.45, 7) is 0.897. The zero-order valence-electron chi connectivity index (χ0n) is 23.8. The second kappa shape index (κ2) is 14.6. The second-order valence-corrected chi connectivity index (χ2v) is 11.1. The van der Waals surface area contributed by atoms with Gasteiger partial charge in [0, 0.05) is 19.1 Å². The van der Waals surface area contributed by atoms with Crippen LogP contribution in [0.4, 0.5) is 10.6 Å². The number of likely N-dealkylation sites (tertiary alicyclic amines) is 1. The Morgan fingerprint density at radius 2 is 1.77 bits per heavy atom. The van der Waals surface area contributed by atoms with Gasteiger partial charge in [-0.15, -0.1) is 0 Å². The molecular weight excluding hydrogens is 630 g/mol. The first-order chi connectivity index (χ1) is 21.4. The smallest absolute Gasteiger partial charge is 0.407 e. The van der Waals surface area contributed by atoms with E-state index in [9.17, 15) is 19.5 Å². The lowest BCUT2D eigenvalue weighted by Crippen LogP contribution is -2.55. The van der Waals surface area contributed by atoms with Gasteiger partial charge in [0.05, 0.1) is 28.4 Å². The van der Waals surface area contributed by atoms with Crippen LogP contribution in [0.3, 0.4) is 0 Å². The van der Waals surface area contributed by atoms with E-state index in [1.54, 1.807) is 30.5 Å². The number of halogens is 1. The van der Waals surface area contributed by atoms with E-state index in [1.807, 2.05) is 48.5 Å². The number of fused-ring (bicyclic) bond motifs is 1. The summed E-state index contributed by atoms with van der Waals surface area (Å²) in [4.78, 5) is 47.6. The Hall–Kier alpha value is -4.71. The highest BCUT2D eigenvalue weighted by Crippen LogP contribution is 2.33. The third-order valence-electron chi connectivity index (χ3n) is 7.21. The van der Waals surface area contributed by atoms with Crippen LogP contribution in [0.25, 0.3) is 11.0 Å². The van der Waals surface area contributed by atoms with E-state index >= 15 is 0 Å². The van der Waals surface area contributed by atoms with Crippen LogP contribution in [-0.4, -0.2) is 69.7 Å². The largest absolute Gasteiger partial charge is 0.485 e. The van der Waals surface area contributed by atoms with Crippen LogP contribution in [0.5, 0.6) is 5.75 Å². The zero-order valence-corrected chi connectivity index (χ0v) is 25.4. The molecule has 1 aliphatic rings. The molecule has 1 fully saturated rings. The van der Waals surface area contributed by atoms with Gasteiger partial charge in [-0.05, 0) is 65.0 Å². The Morgan fingerprint density at radius 3 is 2.52 bits per heavy atom. The van der Waals surface area contributed by atoms with Gasteiger partial charge in [-0.25, -0.2) is 14.6 Å². The molecular formula is C32H32BrN5O6. The van der Waals surface area contributed by atoms with Crippen LogP contribution in [0.2, 0.25) is 0 Å². The van der Waals surface area contributed by atoms with Crippen molar-refractivity contribution < 1.29 is 29.0 Å². The number of piperidine rings is 1. The Labute approximate surface area is 262 Å². The lowest BCUT2D eigenvalue weighted by Gasteiger charge is -2.37. The molecule has 228 valence electrons. The van der Waals surface area contributed by atoms with Gasteiger partial charge in [-0.3, -0.25) is 14.7 Å². The van der Waals surface area contributed by atoms with Gasteiger partial charge in [-0.2, -0.15) is 0 Å². The summed E-state index contributed by atoms with van der Waals surface area (Å²) in [6.07, 6.45) is 1.59. The van der Waals surface area contributed by atoms with E-state index in [2.05, 4.69) is 31.5 Å². The second-order valence-electron chi connectivity index (χ2n) is 10.3. The Bertz CT molecular complexity index is 1610. The van der Waals surface area contributed by atoms with Crippen molar-refractivity contribution in [2.45, 2.75) is 38.0 Å². The topological polar surface area (TPSA) is 143 Å². The molecule has 44 heavy (non-hydrogen) atoms. The molecule has 0 bridgehead atoms. The number of ether oxygens (including phenoxy) is 2. The summed E-state index contributed by atoms with van der Waals surface area (Å²) in [5.41, 5.74) is 2.70. The van der Waals surface area contributed by atoms with Crippen LogP contribution in [0.15, 0.2) is 83.5 Å². The molecule has 5 rings (SSSR count). The number of carbonyl (C=O) groups excluding carboxylic acids is 2. The van der Waals surface area contributed by atoms with Crippen molar-refractivity contribution in [3.8, 4) is 5.75 Å². The highest BCUT2D eigenvalue weighted by atomic mass is 79.9. The Kier molecular flexibility index (Phi) is 10.2. The lowest BCUT2D eigenvalue weighted by molar-refractivity contribution is -0.127. The van der Waals surface area contributed by atoms with Gasteiger partial charge in [0.25, 0.3) is 0 Å². The number of esters is 1. The first-order valence-electron chi connectivity index (χ1n) is 14.3. The van der Waals surface area contributed by atoms with E-state index < -0.39 is 24.0 Å². The van der Waals surface area contributed by atoms with Crippen molar-refractivity contribution in [3.05, 3.63) is 94.6 Å². The first kappa shape index (κ1) is 30.7.